The first kappa shape index (κ1) is 16.5. The number of aromatic nitrogens is 2. The van der Waals surface area contributed by atoms with E-state index < -0.39 is 5.97 Å². The van der Waals surface area contributed by atoms with Gasteiger partial charge in [0.05, 0.1) is 12.0 Å². The van der Waals surface area contributed by atoms with Gasteiger partial charge in [-0.15, -0.1) is 0 Å². The van der Waals surface area contributed by atoms with Crippen LogP contribution < -0.4 is 4.74 Å². The Morgan fingerprint density at radius 2 is 2.09 bits per heavy atom. The minimum atomic E-state index is -0.957. The van der Waals surface area contributed by atoms with Gasteiger partial charge in [-0.25, -0.2) is 0 Å². The molecule has 23 heavy (non-hydrogen) atoms. The highest BCUT2D eigenvalue weighted by Crippen LogP contribution is 2.20. The van der Waals surface area contributed by atoms with Gasteiger partial charge in [-0.1, -0.05) is 17.3 Å². The van der Waals surface area contributed by atoms with E-state index in [1.165, 1.54) is 4.90 Å². The maximum absolute atomic E-state index is 12.4. The molecule has 1 aromatic heterocycles. The van der Waals surface area contributed by atoms with Crippen molar-refractivity contribution in [3.63, 3.8) is 0 Å². The number of aryl methyl sites for hydroxylation is 1. The summed E-state index contributed by atoms with van der Waals surface area (Å²) in [6.07, 6.45) is -0.118. The van der Waals surface area contributed by atoms with Crippen LogP contribution in [0.25, 0.3) is 0 Å². The van der Waals surface area contributed by atoms with Crippen LogP contribution in [0.3, 0.4) is 0 Å². The Morgan fingerprint density at radius 3 is 2.74 bits per heavy atom. The lowest BCUT2D eigenvalue weighted by Crippen LogP contribution is -2.29. The van der Waals surface area contributed by atoms with Gasteiger partial charge in [0.25, 0.3) is 5.91 Å². The van der Waals surface area contributed by atoms with E-state index in [0.717, 1.165) is 0 Å². The minimum Gasteiger partial charge on any atom is -0.485 e. The summed E-state index contributed by atoms with van der Waals surface area (Å²) in [7, 11) is 1.55. The van der Waals surface area contributed by atoms with Gasteiger partial charge < -0.3 is 19.3 Å². The van der Waals surface area contributed by atoms with E-state index in [0.29, 0.717) is 23.0 Å². The largest absolute Gasteiger partial charge is 0.485 e. The summed E-state index contributed by atoms with van der Waals surface area (Å²) in [6.45, 7) is 1.86. The van der Waals surface area contributed by atoms with E-state index in [2.05, 4.69) is 10.1 Å². The van der Waals surface area contributed by atoms with Crippen molar-refractivity contribution < 1.29 is 24.0 Å². The van der Waals surface area contributed by atoms with E-state index >= 15 is 0 Å². The molecular weight excluding hydrogens is 302 g/mol. The number of rotatable bonds is 7. The third-order valence-corrected chi connectivity index (χ3v) is 3.05. The molecule has 1 amide bonds. The summed E-state index contributed by atoms with van der Waals surface area (Å²) in [5, 5.41) is 12.4. The number of aliphatic carboxylic acids is 1. The average molecular weight is 319 g/mol. The molecule has 1 aromatic carbocycles. The Balaban J connectivity index is 2.06. The van der Waals surface area contributed by atoms with Crippen LogP contribution >= 0.6 is 0 Å². The van der Waals surface area contributed by atoms with Crippen LogP contribution in [0.1, 0.15) is 28.5 Å². The number of carboxylic acid groups (broad SMARTS) is 1. The molecule has 0 unspecified atom stereocenters. The molecule has 0 saturated heterocycles. The molecule has 0 aliphatic rings. The molecule has 1 heterocycles. The maximum atomic E-state index is 12.4. The first-order chi connectivity index (χ1) is 11.0. The molecule has 0 bridgehead atoms. The molecule has 0 atom stereocenters. The first-order valence-electron chi connectivity index (χ1n) is 6.95. The van der Waals surface area contributed by atoms with Gasteiger partial charge in [-0.05, 0) is 12.1 Å². The molecule has 0 aliphatic carbocycles. The number of benzene rings is 1. The molecule has 0 aliphatic heterocycles. The van der Waals surface area contributed by atoms with Crippen molar-refractivity contribution in [2.24, 2.45) is 0 Å². The number of hydrogen-bond acceptors (Lipinski definition) is 6. The SMILES string of the molecule is Cc1nc(COc2ccccc2C(=O)N(C)CCC(=O)O)no1. The first-order valence-corrected chi connectivity index (χ1v) is 6.95. The molecular formula is C15H17N3O5. The van der Waals surface area contributed by atoms with Gasteiger partial charge in [0.1, 0.15) is 5.75 Å². The number of para-hydroxylation sites is 1. The van der Waals surface area contributed by atoms with Crippen LogP contribution in [0.15, 0.2) is 28.8 Å². The summed E-state index contributed by atoms with van der Waals surface area (Å²) in [6, 6.07) is 6.73. The van der Waals surface area contributed by atoms with Gasteiger partial charge in [0.15, 0.2) is 6.61 Å². The smallest absolute Gasteiger partial charge is 0.305 e. The number of carboxylic acids is 1. The fourth-order valence-corrected chi connectivity index (χ4v) is 1.88. The van der Waals surface area contributed by atoms with Gasteiger partial charge >= 0.3 is 5.97 Å². The van der Waals surface area contributed by atoms with Crippen molar-refractivity contribution in [2.75, 3.05) is 13.6 Å². The van der Waals surface area contributed by atoms with E-state index in [1.807, 2.05) is 0 Å². The van der Waals surface area contributed by atoms with E-state index in [9.17, 15) is 9.59 Å². The summed E-state index contributed by atoms with van der Waals surface area (Å²) in [4.78, 5) is 28.4. The molecule has 0 spiro atoms. The van der Waals surface area contributed by atoms with Crippen molar-refractivity contribution in [2.45, 2.75) is 20.0 Å². The number of ether oxygens (including phenoxy) is 1. The van der Waals surface area contributed by atoms with Crippen LogP contribution in [0.4, 0.5) is 0 Å². The Morgan fingerprint density at radius 1 is 1.35 bits per heavy atom. The van der Waals surface area contributed by atoms with Crippen molar-refractivity contribution >= 4 is 11.9 Å². The molecule has 0 saturated carbocycles. The predicted octanol–water partition coefficient (Wildman–Crippen LogP) is 1.50. The second-order valence-electron chi connectivity index (χ2n) is 4.88. The third-order valence-electron chi connectivity index (χ3n) is 3.05. The molecule has 2 aromatic rings. The molecule has 8 nitrogen and oxygen atoms in total. The summed E-state index contributed by atoms with van der Waals surface area (Å²) in [5.74, 6) is -0.0831. The van der Waals surface area contributed by atoms with Crippen LogP contribution in [-0.4, -0.2) is 45.6 Å². The van der Waals surface area contributed by atoms with Crippen molar-refractivity contribution in [1.29, 1.82) is 0 Å². The van der Waals surface area contributed by atoms with Crippen LogP contribution in [0, 0.1) is 6.92 Å². The van der Waals surface area contributed by atoms with Gasteiger partial charge in [0, 0.05) is 20.5 Å². The predicted molar refractivity (Wildman–Crippen MR) is 79.0 cm³/mol. The number of amides is 1. The second kappa shape index (κ2) is 7.39. The summed E-state index contributed by atoms with van der Waals surface area (Å²) < 4.78 is 10.4. The highest BCUT2D eigenvalue weighted by atomic mass is 16.5. The topological polar surface area (TPSA) is 106 Å². The standard InChI is InChI=1S/C15H17N3O5/c1-10-16-13(17-23-10)9-22-12-6-4-3-5-11(12)15(21)18(2)8-7-14(19)20/h3-6H,7-9H2,1-2H3,(H,19,20). The molecule has 2 rings (SSSR count). The van der Waals surface area contributed by atoms with Gasteiger partial charge in [-0.3, -0.25) is 9.59 Å². The monoisotopic (exact) mass is 319 g/mol. The Kier molecular flexibility index (Phi) is 5.29. The average Bonchev–Trinajstić information content (AvgIpc) is 2.95. The van der Waals surface area contributed by atoms with Crippen molar-refractivity contribution in [3.05, 3.63) is 41.5 Å². The number of carbonyl (C=O) groups is 2. The summed E-state index contributed by atoms with van der Waals surface area (Å²) in [5.41, 5.74) is 0.348. The lowest BCUT2D eigenvalue weighted by Gasteiger charge is -2.18. The third kappa shape index (κ3) is 4.53. The molecule has 0 fully saturated rings. The molecule has 122 valence electrons. The van der Waals surface area contributed by atoms with Crippen molar-refractivity contribution in [1.82, 2.24) is 15.0 Å². The van der Waals surface area contributed by atoms with Crippen LogP contribution in [0.5, 0.6) is 5.75 Å². The second-order valence-corrected chi connectivity index (χ2v) is 4.88. The summed E-state index contributed by atoms with van der Waals surface area (Å²) >= 11 is 0. The Labute approximate surface area is 132 Å². The van der Waals surface area contributed by atoms with E-state index in [1.54, 1.807) is 38.2 Å². The molecule has 1 N–H and O–H groups in total. The Bertz CT molecular complexity index is 698. The highest BCUT2D eigenvalue weighted by Gasteiger charge is 2.17. The van der Waals surface area contributed by atoms with Gasteiger partial charge in [-0.2, -0.15) is 4.98 Å². The van der Waals surface area contributed by atoms with Crippen LogP contribution in [0.2, 0.25) is 0 Å². The minimum absolute atomic E-state index is 0.0699. The lowest BCUT2D eigenvalue weighted by atomic mass is 10.1. The van der Waals surface area contributed by atoms with Gasteiger partial charge in [0.2, 0.25) is 11.7 Å². The zero-order valence-electron chi connectivity index (χ0n) is 12.9. The lowest BCUT2D eigenvalue weighted by molar-refractivity contribution is -0.137. The van der Waals surface area contributed by atoms with E-state index in [-0.39, 0.29) is 25.5 Å². The normalized spacial score (nSPS) is 10.3. The molecule has 8 heteroatoms. The van der Waals surface area contributed by atoms with Crippen LogP contribution in [-0.2, 0) is 11.4 Å². The zero-order chi connectivity index (χ0) is 16.8. The fourth-order valence-electron chi connectivity index (χ4n) is 1.88. The Hall–Kier alpha value is -2.90. The highest BCUT2D eigenvalue weighted by molar-refractivity contribution is 5.96. The number of carbonyl (C=O) groups excluding carboxylic acids is 1. The zero-order valence-corrected chi connectivity index (χ0v) is 12.9. The molecule has 0 radical (unpaired) electrons. The number of hydrogen-bond donors (Lipinski definition) is 1. The van der Waals surface area contributed by atoms with Crippen molar-refractivity contribution in [3.8, 4) is 5.75 Å². The fraction of sp³-hybridized carbons (Fsp3) is 0.333. The number of nitrogens with zero attached hydrogens (tertiary/aromatic N) is 3. The quantitative estimate of drug-likeness (QED) is 0.824. The van der Waals surface area contributed by atoms with E-state index in [4.69, 9.17) is 14.4 Å². The maximum Gasteiger partial charge on any atom is 0.305 e.